The predicted octanol–water partition coefficient (Wildman–Crippen LogP) is 2.19. The third-order valence-electron chi connectivity index (χ3n) is 2.09. The first kappa shape index (κ1) is 13.7. The van der Waals surface area contributed by atoms with E-state index in [-0.39, 0.29) is 18.4 Å². The minimum Gasteiger partial charge on any atom is -0.456 e. The van der Waals surface area contributed by atoms with Gasteiger partial charge < -0.3 is 10.1 Å². The van der Waals surface area contributed by atoms with Gasteiger partial charge in [0.15, 0.2) is 0 Å². The zero-order chi connectivity index (χ0) is 12.8. The fourth-order valence-electron chi connectivity index (χ4n) is 1.34. The molecule has 1 rings (SSSR count). The number of esters is 1. The summed E-state index contributed by atoms with van der Waals surface area (Å²) in [5.74, 6) is -0.525. The Hall–Kier alpha value is -1.36. The molecule has 0 aliphatic heterocycles. The van der Waals surface area contributed by atoms with Gasteiger partial charge in [-0.15, -0.1) is 0 Å². The van der Waals surface area contributed by atoms with Crippen LogP contribution < -0.4 is 5.32 Å². The van der Waals surface area contributed by atoms with Crippen molar-refractivity contribution in [3.63, 3.8) is 0 Å². The average Bonchev–Trinajstić information content (AvgIpc) is 2.25. The molecule has 0 saturated heterocycles. The Labute approximate surface area is 108 Å². The van der Waals surface area contributed by atoms with Crippen molar-refractivity contribution >= 4 is 27.8 Å². The number of amides is 1. The van der Waals surface area contributed by atoms with Crippen molar-refractivity contribution in [3.05, 3.63) is 34.3 Å². The van der Waals surface area contributed by atoms with E-state index in [0.29, 0.717) is 0 Å². The van der Waals surface area contributed by atoms with Gasteiger partial charge in [0.05, 0.1) is 6.54 Å². The SMILES string of the molecule is CC(=O)NC[C@@H](OC(C)=O)c1ccc(Br)cc1. The number of carbonyl (C=O) groups excluding carboxylic acids is 2. The molecule has 1 aromatic carbocycles. The van der Waals surface area contributed by atoms with Crippen molar-refractivity contribution in [2.24, 2.45) is 0 Å². The average molecular weight is 300 g/mol. The van der Waals surface area contributed by atoms with Gasteiger partial charge in [-0.25, -0.2) is 0 Å². The first-order valence-electron chi connectivity index (χ1n) is 5.16. The Balaban J connectivity index is 2.77. The molecule has 0 aromatic heterocycles. The number of hydrogen-bond donors (Lipinski definition) is 1. The van der Waals surface area contributed by atoms with E-state index in [1.165, 1.54) is 13.8 Å². The highest BCUT2D eigenvalue weighted by Crippen LogP contribution is 2.19. The van der Waals surface area contributed by atoms with Gasteiger partial charge in [0.1, 0.15) is 6.10 Å². The van der Waals surface area contributed by atoms with Crippen LogP contribution >= 0.6 is 15.9 Å². The van der Waals surface area contributed by atoms with Crippen molar-refractivity contribution in [2.75, 3.05) is 6.54 Å². The van der Waals surface area contributed by atoms with Gasteiger partial charge in [-0.05, 0) is 17.7 Å². The number of ether oxygens (including phenoxy) is 1. The lowest BCUT2D eigenvalue weighted by Gasteiger charge is -2.17. The summed E-state index contributed by atoms with van der Waals surface area (Å²) in [6, 6.07) is 7.41. The molecule has 0 unspecified atom stereocenters. The van der Waals surface area contributed by atoms with Crippen LogP contribution in [0.1, 0.15) is 25.5 Å². The molecule has 92 valence electrons. The van der Waals surface area contributed by atoms with Gasteiger partial charge in [-0.1, -0.05) is 28.1 Å². The molecule has 0 fully saturated rings. The van der Waals surface area contributed by atoms with Crippen molar-refractivity contribution in [3.8, 4) is 0 Å². The highest BCUT2D eigenvalue weighted by atomic mass is 79.9. The van der Waals surface area contributed by atoms with Crippen LogP contribution in [-0.4, -0.2) is 18.4 Å². The van der Waals surface area contributed by atoms with E-state index in [0.717, 1.165) is 10.0 Å². The summed E-state index contributed by atoms with van der Waals surface area (Å²) in [4.78, 5) is 21.9. The van der Waals surface area contributed by atoms with Crippen molar-refractivity contribution < 1.29 is 14.3 Å². The number of benzene rings is 1. The van der Waals surface area contributed by atoms with Crippen LogP contribution in [0.2, 0.25) is 0 Å². The molecular formula is C12H14BrNO3. The van der Waals surface area contributed by atoms with Gasteiger partial charge in [0, 0.05) is 18.3 Å². The zero-order valence-corrected chi connectivity index (χ0v) is 11.3. The van der Waals surface area contributed by atoms with E-state index < -0.39 is 6.10 Å². The Morgan fingerprint density at radius 1 is 1.29 bits per heavy atom. The second kappa shape index (κ2) is 6.39. The van der Waals surface area contributed by atoms with E-state index in [1.54, 1.807) is 0 Å². The molecule has 17 heavy (non-hydrogen) atoms. The summed E-state index contributed by atoms with van der Waals surface area (Å²) in [6.45, 7) is 3.04. The highest BCUT2D eigenvalue weighted by molar-refractivity contribution is 9.10. The first-order chi connectivity index (χ1) is 7.99. The van der Waals surface area contributed by atoms with Crippen molar-refractivity contribution in [2.45, 2.75) is 20.0 Å². The molecule has 1 atom stereocenters. The third kappa shape index (κ3) is 4.99. The maximum absolute atomic E-state index is 11.0. The summed E-state index contributed by atoms with van der Waals surface area (Å²) in [5.41, 5.74) is 0.845. The van der Waals surface area contributed by atoms with Gasteiger partial charge in [0.2, 0.25) is 5.91 Å². The quantitative estimate of drug-likeness (QED) is 0.867. The summed E-state index contributed by atoms with van der Waals surface area (Å²) < 4.78 is 6.10. The Bertz CT molecular complexity index is 403. The molecular weight excluding hydrogens is 286 g/mol. The summed E-state index contributed by atoms with van der Waals surface area (Å²) in [7, 11) is 0. The van der Waals surface area contributed by atoms with E-state index in [4.69, 9.17) is 4.74 Å². The highest BCUT2D eigenvalue weighted by Gasteiger charge is 2.14. The lowest BCUT2D eigenvalue weighted by atomic mass is 10.1. The third-order valence-corrected chi connectivity index (χ3v) is 2.62. The molecule has 0 saturated carbocycles. The smallest absolute Gasteiger partial charge is 0.303 e. The Morgan fingerprint density at radius 3 is 2.35 bits per heavy atom. The van der Waals surface area contributed by atoms with E-state index in [2.05, 4.69) is 21.2 Å². The van der Waals surface area contributed by atoms with Gasteiger partial charge >= 0.3 is 5.97 Å². The zero-order valence-electron chi connectivity index (χ0n) is 9.70. The van der Waals surface area contributed by atoms with Gasteiger partial charge in [-0.3, -0.25) is 9.59 Å². The van der Waals surface area contributed by atoms with Crippen LogP contribution in [0.25, 0.3) is 0 Å². The fraction of sp³-hybridized carbons (Fsp3) is 0.333. The van der Waals surface area contributed by atoms with Crippen molar-refractivity contribution in [1.82, 2.24) is 5.32 Å². The largest absolute Gasteiger partial charge is 0.456 e. The number of rotatable bonds is 4. The molecule has 0 spiro atoms. The normalized spacial score (nSPS) is 11.7. The molecule has 0 heterocycles. The second-order valence-electron chi connectivity index (χ2n) is 3.59. The number of hydrogen-bond acceptors (Lipinski definition) is 3. The fourth-order valence-corrected chi connectivity index (χ4v) is 1.61. The Kier molecular flexibility index (Phi) is 5.15. The molecule has 4 nitrogen and oxygen atoms in total. The summed E-state index contributed by atoms with van der Waals surface area (Å²) >= 11 is 3.33. The van der Waals surface area contributed by atoms with Gasteiger partial charge in [-0.2, -0.15) is 0 Å². The summed E-state index contributed by atoms with van der Waals surface area (Å²) in [6.07, 6.45) is -0.454. The molecule has 0 bridgehead atoms. The monoisotopic (exact) mass is 299 g/mol. The number of nitrogens with one attached hydrogen (secondary N) is 1. The van der Waals surface area contributed by atoms with E-state index >= 15 is 0 Å². The first-order valence-corrected chi connectivity index (χ1v) is 5.95. The van der Waals surface area contributed by atoms with E-state index in [1.807, 2.05) is 24.3 Å². The molecule has 5 heteroatoms. The minimum absolute atomic E-state index is 0.153. The number of halogens is 1. The van der Waals surface area contributed by atoms with Crippen LogP contribution in [0.5, 0.6) is 0 Å². The number of carbonyl (C=O) groups is 2. The standard InChI is InChI=1S/C12H14BrNO3/c1-8(15)14-7-12(17-9(2)16)10-3-5-11(13)6-4-10/h3-6,12H,7H2,1-2H3,(H,14,15)/t12-/m1/s1. The Morgan fingerprint density at radius 2 is 1.88 bits per heavy atom. The lowest BCUT2D eigenvalue weighted by Crippen LogP contribution is -2.28. The minimum atomic E-state index is -0.454. The van der Waals surface area contributed by atoms with E-state index in [9.17, 15) is 9.59 Å². The van der Waals surface area contributed by atoms with Crippen LogP contribution in [-0.2, 0) is 14.3 Å². The van der Waals surface area contributed by atoms with Crippen molar-refractivity contribution in [1.29, 1.82) is 0 Å². The predicted molar refractivity (Wildman–Crippen MR) is 67.3 cm³/mol. The topological polar surface area (TPSA) is 55.4 Å². The second-order valence-corrected chi connectivity index (χ2v) is 4.50. The maximum Gasteiger partial charge on any atom is 0.303 e. The summed E-state index contributed by atoms with van der Waals surface area (Å²) in [5, 5.41) is 2.64. The van der Waals surface area contributed by atoms with Crippen LogP contribution in [0.4, 0.5) is 0 Å². The maximum atomic E-state index is 11.0. The van der Waals surface area contributed by atoms with Gasteiger partial charge in [0.25, 0.3) is 0 Å². The molecule has 1 aromatic rings. The molecule has 0 aliphatic rings. The molecule has 1 amide bonds. The van der Waals surface area contributed by atoms with Crippen LogP contribution in [0.15, 0.2) is 28.7 Å². The van der Waals surface area contributed by atoms with Crippen LogP contribution in [0.3, 0.4) is 0 Å². The van der Waals surface area contributed by atoms with Crippen LogP contribution in [0, 0.1) is 0 Å². The molecule has 0 radical (unpaired) electrons. The molecule has 1 N–H and O–H groups in total. The lowest BCUT2D eigenvalue weighted by molar-refractivity contribution is -0.147. The molecule has 0 aliphatic carbocycles.